The van der Waals surface area contributed by atoms with Gasteiger partial charge in [-0.3, -0.25) is 4.79 Å². The second kappa shape index (κ2) is 8.27. The number of rotatable bonds is 5. The number of piperazine rings is 1. The van der Waals surface area contributed by atoms with E-state index in [0.717, 1.165) is 43.4 Å². The zero-order valence-corrected chi connectivity index (χ0v) is 19.6. The minimum Gasteiger partial charge on any atom is -0.363 e. The first-order chi connectivity index (χ1) is 16.5. The molecule has 1 aliphatic heterocycles. The molecule has 2 fully saturated rings. The third-order valence-corrected chi connectivity index (χ3v) is 6.94. The Hall–Kier alpha value is -3.68. The van der Waals surface area contributed by atoms with Crippen molar-refractivity contribution in [3.05, 3.63) is 59.9 Å². The van der Waals surface area contributed by atoms with Crippen LogP contribution in [-0.2, 0) is 4.79 Å². The number of amides is 1. The van der Waals surface area contributed by atoms with Crippen molar-refractivity contribution in [3.63, 3.8) is 0 Å². The molecule has 1 N–H and O–H groups in total. The fourth-order valence-electron chi connectivity index (χ4n) is 4.68. The summed E-state index contributed by atoms with van der Waals surface area (Å²) in [6.45, 7) is 6.72. The number of nitrogens with zero attached hydrogens (tertiary/aromatic N) is 6. The topological polar surface area (TPSA) is 78.7 Å². The van der Waals surface area contributed by atoms with Crippen LogP contribution in [0.3, 0.4) is 0 Å². The summed E-state index contributed by atoms with van der Waals surface area (Å²) in [6, 6.07) is 17.2. The van der Waals surface area contributed by atoms with Gasteiger partial charge in [-0.25, -0.2) is 0 Å². The van der Waals surface area contributed by atoms with Crippen molar-refractivity contribution in [1.29, 1.82) is 0 Å². The largest absolute Gasteiger partial charge is 0.363 e. The maximum atomic E-state index is 11.7. The molecule has 1 saturated heterocycles. The van der Waals surface area contributed by atoms with Crippen LogP contribution in [0.1, 0.15) is 50.0 Å². The van der Waals surface area contributed by atoms with Crippen LogP contribution in [0, 0.1) is 0 Å². The summed E-state index contributed by atoms with van der Waals surface area (Å²) < 4.78 is 1.85. The fraction of sp³-hybridized carbons (Fsp3) is 0.385. The number of carbonyl (C=O) groups excluding carboxylic acids is 1. The summed E-state index contributed by atoms with van der Waals surface area (Å²) in [5.74, 6) is 3.85. The number of carbonyl (C=O) groups is 1. The van der Waals surface area contributed by atoms with Crippen molar-refractivity contribution >= 4 is 34.1 Å². The molecule has 4 aromatic rings. The third-order valence-electron chi connectivity index (χ3n) is 6.94. The Morgan fingerprint density at radius 2 is 1.76 bits per heavy atom. The second-order valence-corrected chi connectivity index (χ2v) is 9.42. The molecule has 174 valence electrons. The molecular weight excluding hydrogens is 426 g/mol. The minimum atomic E-state index is 0.0752. The SMILES string of the molecule is CC(=O)N1CCN(c2cc(N[C@H](C)c3ccc4ccccc4c3)n3nc(C4CC4)nc3n2)CC1. The van der Waals surface area contributed by atoms with Crippen LogP contribution in [0.4, 0.5) is 11.6 Å². The lowest BCUT2D eigenvalue weighted by atomic mass is 10.0. The van der Waals surface area contributed by atoms with E-state index in [0.29, 0.717) is 24.8 Å². The van der Waals surface area contributed by atoms with Gasteiger partial charge in [0, 0.05) is 51.1 Å². The van der Waals surface area contributed by atoms with E-state index in [-0.39, 0.29) is 11.9 Å². The van der Waals surface area contributed by atoms with E-state index < -0.39 is 0 Å². The average Bonchev–Trinajstić information content (AvgIpc) is 3.62. The Bertz CT molecular complexity index is 1370. The zero-order chi connectivity index (χ0) is 23.2. The van der Waals surface area contributed by atoms with E-state index >= 15 is 0 Å². The van der Waals surface area contributed by atoms with Crippen LogP contribution in [0.2, 0.25) is 0 Å². The normalized spacial score (nSPS) is 17.4. The Morgan fingerprint density at radius 1 is 1.00 bits per heavy atom. The summed E-state index contributed by atoms with van der Waals surface area (Å²) in [7, 11) is 0. The number of benzene rings is 2. The molecule has 0 radical (unpaired) electrons. The zero-order valence-electron chi connectivity index (χ0n) is 19.6. The van der Waals surface area contributed by atoms with Gasteiger partial charge in [-0.2, -0.15) is 14.5 Å². The van der Waals surface area contributed by atoms with E-state index in [4.69, 9.17) is 15.1 Å². The Balaban J connectivity index is 1.33. The van der Waals surface area contributed by atoms with Gasteiger partial charge >= 0.3 is 0 Å². The maximum Gasteiger partial charge on any atom is 0.256 e. The summed E-state index contributed by atoms with van der Waals surface area (Å²) in [5.41, 5.74) is 1.21. The smallest absolute Gasteiger partial charge is 0.256 e. The Morgan fingerprint density at radius 3 is 2.50 bits per heavy atom. The van der Waals surface area contributed by atoms with Gasteiger partial charge < -0.3 is 15.1 Å². The molecule has 2 aliphatic rings. The van der Waals surface area contributed by atoms with Gasteiger partial charge in [0.15, 0.2) is 5.82 Å². The lowest BCUT2D eigenvalue weighted by Crippen LogP contribution is -2.48. The van der Waals surface area contributed by atoms with E-state index in [2.05, 4.69) is 65.7 Å². The number of hydrogen-bond acceptors (Lipinski definition) is 6. The minimum absolute atomic E-state index is 0.0752. The molecule has 34 heavy (non-hydrogen) atoms. The molecule has 3 heterocycles. The van der Waals surface area contributed by atoms with Crippen molar-refractivity contribution < 1.29 is 4.79 Å². The van der Waals surface area contributed by atoms with Crippen LogP contribution in [-0.4, -0.2) is 56.6 Å². The third kappa shape index (κ3) is 3.93. The van der Waals surface area contributed by atoms with Gasteiger partial charge in [-0.15, -0.1) is 5.10 Å². The summed E-state index contributed by atoms with van der Waals surface area (Å²) in [5, 5.41) is 10.9. The van der Waals surface area contributed by atoms with Crippen molar-refractivity contribution in [3.8, 4) is 0 Å². The highest BCUT2D eigenvalue weighted by molar-refractivity contribution is 5.83. The predicted molar refractivity (Wildman–Crippen MR) is 133 cm³/mol. The average molecular weight is 456 g/mol. The number of aromatic nitrogens is 4. The summed E-state index contributed by atoms with van der Waals surface area (Å²) in [4.78, 5) is 25.5. The first kappa shape index (κ1) is 20.9. The molecule has 1 saturated carbocycles. The van der Waals surface area contributed by atoms with Crippen LogP contribution in [0.15, 0.2) is 48.5 Å². The molecule has 0 bridgehead atoms. The van der Waals surface area contributed by atoms with Gasteiger partial charge in [0.05, 0.1) is 0 Å². The predicted octanol–water partition coefficient (Wildman–Crippen LogP) is 4.00. The molecule has 2 aromatic heterocycles. The van der Waals surface area contributed by atoms with Gasteiger partial charge in [-0.1, -0.05) is 36.4 Å². The highest BCUT2D eigenvalue weighted by Crippen LogP contribution is 2.38. The van der Waals surface area contributed by atoms with Crippen molar-refractivity contribution in [2.75, 3.05) is 36.4 Å². The van der Waals surface area contributed by atoms with E-state index in [9.17, 15) is 4.79 Å². The van der Waals surface area contributed by atoms with Crippen molar-refractivity contribution in [2.24, 2.45) is 0 Å². The maximum absolute atomic E-state index is 11.7. The molecule has 1 aliphatic carbocycles. The molecule has 2 aromatic carbocycles. The van der Waals surface area contributed by atoms with Gasteiger partial charge in [0.2, 0.25) is 5.91 Å². The van der Waals surface area contributed by atoms with E-state index in [1.54, 1.807) is 6.92 Å². The highest BCUT2D eigenvalue weighted by Gasteiger charge is 2.29. The Labute approximate surface area is 198 Å². The lowest BCUT2D eigenvalue weighted by Gasteiger charge is -2.35. The molecular formula is C26H29N7O. The summed E-state index contributed by atoms with van der Waals surface area (Å²) in [6.07, 6.45) is 2.29. The standard InChI is InChI=1S/C26H29N7O/c1-17(21-10-7-19-5-3-4-6-22(19)15-21)27-24-16-23(32-13-11-31(12-14-32)18(2)34)28-26-29-25(20-8-9-20)30-33(24)26/h3-7,10,15-17,20,27H,8-9,11-14H2,1-2H3/t17-/m1/s1. The first-order valence-electron chi connectivity index (χ1n) is 12.1. The van der Waals surface area contributed by atoms with Gasteiger partial charge in [0.25, 0.3) is 5.78 Å². The number of nitrogens with one attached hydrogen (secondary N) is 1. The molecule has 0 unspecified atom stereocenters. The van der Waals surface area contributed by atoms with Crippen LogP contribution in [0.25, 0.3) is 16.6 Å². The quantitative estimate of drug-likeness (QED) is 0.490. The molecule has 0 spiro atoms. The second-order valence-electron chi connectivity index (χ2n) is 9.42. The van der Waals surface area contributed by atoms with E-state index in [1.165, 1.54) is 16.3 Å². The fourth-order valence-corrected chi connectivity index (χ4v) is 4.68. The molecule has 1 amide bonds. The molecule has 8 heteroatoms. The van der Waals surface area contributed by atoms with E-state index in [1.807, 2.05) is 9.42 Å². The number of anilines is 2. The molecule has 6 rings (SSSR count). The molecule has 8 nitrogen and oxygen atoms in total. The van der Waals surface area contributed by atoms with Crippen LogP contribution < -0.4 is 10.2 Å². The monoisotopic (exact) mass is 455 g/mol. The van der Waals surface area contributed by atoms with Crippen LogP contribution in [0.5, 0.6) is 0 Å². The summed E-state index contributed by atoms with van der Waals surface area (Å²) >= 11 is 0. The number of hydrogen-bond donors (Lipinski definition) is 1. The van der Waals surface area contributed by atoms with Gasteiger partial charge in [0.1, 0.15) is 11.6 Å². The van der Waals surface area contributed by atoms with Crippen LogP contribution >= 0.6 is 0 Å². The van der Waals surface area contributed by atoms with Crippen molar-refractivity contribution in [2.45, 2.75) is 38.6 Å². The lowest BCUT2D eigenvalue weighted by molar-refractivity contribution is -0.129. The first-order valence-corrected chi connectivity index (χ1v) is 12.1. The Kier molecular flexibility index (Phi) is 5.08. The van der Waals surface area contributed by atoms with Crippen molar-refractivity contribution in [1.82, 2.24) is 24.5 Å². The molecule has 1 atom stereocenters. The number of fused-ring (bicyclic) bond motifs is 2. The van der Waals surface area contributed by atoms with Gasteiger partial charge in [-0.05, 0) is 42.2 Å². The highest BCUT2D eigenvalue weighted by atomic mass is 16.2.